The standard InChI is InChI=1S/C12H19NO3S/c1-12(2,3)11-8(7-10(14)15)17-9(13-11)5-6-16-4/h5-7H2,1-4H3,(H,14,15). The molecular formula is C12H19NO3S. The van der Waals surface area contributed by atoms with Crippen molar-refractivity contribution in [2.75, 3.05) is 13.7 Å². The third-order valence-corrected chi connectivity index (χ3v) is 3.40. The fourth-order valence-corrected chi connectivity index (χ4v) is 2.79. The monoisotopic (exact) mass is 257 g/mol. The molecule has 1 N–H and O–H groups in total. The van der Waals surface area contributed by atoms with E-state index in [-0.39, 0.29) is 11.8 Å². The van der Waals surface area contributed by atoms with Gasteiger partial charge in [-0.15, -0.1) is 11.3 Å². The second kappa shape index (κ2) is 5.60. The van der Waals surface area contributed by atoms with Gasteiger partial charge in [0, 0.05) is 23.8 Å². The Morgan fingerprint density at radius 3 is 2.59 bits per heavy atom. The second-order valence-corrected chi connectivity index (χ2v) is 6.11. The Hall–Kier alpha value is -0.940. The van der Waals surface area contributed by atoms with Crippen LogP contribution in [0.2, 0.25) is 0 Å². The summed E-state index contributed by atoms with van der Waals surface area (Å²) in [5.41, 5.74) is 0.781. The molecule has 4 nitrogen and oxygen atoms in total. The number of aromatic nitrogens is 1. The van der Waals surface area contributed by atoms with Gasteiger partial charge in [0.1, 0.15) is 0 Å². The fraction of sp³-hybridized carbons (Fsp3) is 0.667. The van der Waals surface area contributed by atoms with Crippen LogP contribution < -0.4 is 0 Å². The van der Waals surface area contributed by atoms with Crippen LogP contribution in [0.15, 0.2) is 0 Å². The zero-order valence-corrected chi connectivity index (χ0v) is 11.6. The van der Waals surface area contributed by atoms with Crippen LogP contribution in [0.4, 0.5) is 0 Å². The molecule has 0 bridgehead atoms. The summed E-state index contributed by atoms with van der Waals surface area (Å²) in [7, 11) is 1.65. The first-order valence-electron chi connectivity index (χ1n) is 5.54. The quantitative estimate of drug-likeness (QED) is 0.879. The second-order valence-electron chi connectivity index (χ2n) is 4.94. The molecule has 96 valence electrons. The summed E-state index contributed by atoms with van der Waals surface area (Å²) in [6.45, 7) is 6.76. The molecule has 0 radical (unpaired) electrons. The molecule has 0 amide bonds. The Morgan fingerprint density at radius 2 is 2.12 bits per heavy atom. The minimum absolute atomic E-state index is 0.0528. The highest BCUT2D eigenvalue weighted by molar-refractivity contribution is 7.11. The number of thiazole rings is 1. The van der Waals surface area contributed by atoms with Crippen molar-refractivity contribution in [2.24, 2.45) is 0 Å². The maximum absolute atomic E-state index is 10.8. The predicted octanol–water partition coefficient (Wildman–Crippen LogP) is 2.26. The van der Waals surface area contributed by atoms with Crippen LogP contribution in [0.1, 0.15) is 36.3 Å². The fourth-order valence-electron chi connectivity index (χ4n) is 1.54. The summed E-state index contributed by atoms with van der Waals surface area (Å²) < 4.78 is 5.01. The van der Waals surface area contributed by atoms with E-state index in [9.17, 15) is 4.79 Å². The first-order chi connectivity index (χ1) is 7.84. The summed E-state index contributed by atoms with van der Waals surface area (Å²) in [5.74, 6) is -0.808. The molecule has 1 aromatic rings. The molecule has 0 saturated heterocycles. The predicted molar refractivity (Wildman–Crippen MR) is 67.7 cm³/mol. The minimum atomic E-state index is -0.808. The van der Waals surface area contributed by atoms with Crippen molar-refractivity contribution < 1.29 is 14.6 Å². The number of nitrogens with zero attached hydrogens (tertiary/aromatic N) is 1. The molecule has 0 aliphatic heterocycles. The van der Waals surface area contributed by atoms with Crippen LogP contribution in [0.3, 0.4) is 0 Å². The van der Waals surface area contributed by atoms with Crippen molar-refractivity contribution >= 4 is 17.3 Å². The molecule has 1 heterocycles. The Kier molecular flexibility index (Phi) is 4.65. The van der Waals surface area contributed by atoms with Crippen LogP contribution >= 0.6 is 11.3 Å². The highest BCUT2D eigenvalue weighted by atomic mass is 32.1. The van der Waals surface area contributed by atoms with Crippen molar-refractivity contribution in [1.82, 2.24) is 4.98 Å². The minimum Gasteiger partial charge on any atom is -0.481 e. The summed E-state index contributed by atoms with van der Waals surface area (Å²) >= 11 is 1.48. The van der Waals surface area contributed by atoms with Crippen LogP contribution in [-0.4, -0.2) is 29.8 Å². The van der Waals surface area contributed by atoms with E-state index in [1.54, 1.807) is 7.11 Å². The van der Waals surface area contributed by atoms with Gasteiger partial charge in [0.15, 0.2) is 0 Å². The average Bonchev–Trinajstić information content (AvgIpc) is 2.56. The number of aliphatic carboxylic acids is 1. The topological polar surface area (TPSA) is 59.4 Å². The first-order valence-corrected chi connectivity index (χ1v) is 6.36. The normalized spacial score (nSPS) is 11.8. The van der Waals surface area contributed by atoms with Crippen LogP contribution in [0, 0.1) is 0 Å². The van der Waals surface area contributed by atoms with E-state index in [4.69, 9.17) is 9.84 Å². The van der Waals surface area contributed by atoms with Crippen molar-refractivity contribution in [3.05, 3.63) is 15.6 Å². The molecule has 0 aliphatic rings. The lowest BCUT2D eigenvalue weighted by Crippen LogP contribution is -2.15. The maximum Gasteiger partial charge on any atom is 0.308 e. The number of methoxy groups -OCH3 is 1. The van der Waals surface area contributed by atoms with Gasteiger partial charge in [-0.2, -0.15) is 0 Å². The van der Waals surface area contributed by atoms with Crippen LogP contribution in [0.5, 0.6) is 0 Å². The van der Waals surface area contributed by atoms with Crippen LogP contribution in [0.25, 0.3) is 0 Å². The summed E-state index contributed by atoms with van der Waals surface area (Å²) in [5, 5.41) is 9.85. The molecule has 0 saturated carbocycles. The lowest BCUT2D eigenvalue weighted by molar-refractivity contribution is -0.136. The molecule has 5 heteroatoms. The molecule has 0 aromatic carbocycles. The summed E-state index contributed by atoms with van der Waals surface area (Å²) in [4.78, 5) is 16.2. The third-order valence-electron chi connectivity index (χ3n) is 2.28. The zero-order chi connectivity index (χ0) is 13.1. The van der Waals surface area contributed by atoms with E-state index >= 15 is 0 Å². The molecule has 0 aliphatic carbocycles. The number of carboxylic acids is 1. The Bertz CT molecular complexity index is 393. The molecule has 17 heavy (non-hydrogen) atoms. The Labute approximate surface area is 106 Å². The SMILES string of the molecule is COCCc1nc(C(C)(C)C)c(CC(=O)O)s1. The average molecular weight is 257 g/mol. The number of ether oxygens (including phenoxy) is 1. The van der Waals surface area contributed by atoms with Gasteiger partial charge in [-0.1, -0.05) is 20.8 Å². The lowest BCUT2D eigenvalue weighted by atomic mass is 9.91. The highest BCUT2D eigenvalue weighted by Gasteiger charge is 2.24. The molecule has 1 aromatic heterocycles. The van der Waals surface area contributed by atoms with E-state index in [1.807, 2.05) is 20.8 Å². The number of hydrogen-bond acceptors (Lipinski definition) is 4. The van der Waals surface area contributed by atoms with E-state index in [0.29, 0.717) is 6.61 Å². The maximum atomic E-state index is 10.8. The summed E-state index contributed by atoms with van der Waals surface area (Å²) in [6.07, 6.45) is 0.793. The molecule has 0 unspecified atom stereocenters. The smallest absolute Gasteiger partial charge is 0.308 e. The van der Waals surface area contributed by atoms with E-state index in [0.717, 1.165) is 22.0 Å². The van der Waals surface area contributed by atoms with Crippen molar-refractivity contribution in [3.8, 4) is 0 Å². The van der Waals surface area contributed by atoms with Gasteiger partial charge < -0.3 is 9.84 Å². The summed E-state index contributed by atoms with van der Waals surface area (Å²) in [6, 6.07) is 0. The largest absolute Gasteiger partial charge is 0.481 e. The van der Waals surface area contributed by atoms with E-state index in [2.05, 4.69) is 4.98 Å². The van der Waals surface area contributed by atoms with Crippen LogP contribution in [-0.2, 0) is 27.8 Å². The molecule has 0 atom stereocenters. The third kappa shape index (κ3) is 4.09. The lowest BCUT2D eigenvalue weighted by Gasteiger charge is -2.16. The molecule has 0 spiro atoms. The van der Waals surface area contributed by atoms with Gasteiger partial charge in [-0.25, -0.2) is 4.98 Å². The van der Waals surface area contributed by atoms with Crippen molar-refractivity contribution in [1.29, 1.82) is 0 Å². The highest BCUT2D eigenvalue weighted by Crippen LogP contribution is 2.30. The van der Waals surface area contributed by atoms with Gasteiger partial charge in [0.05, 0.1) is 23.7 Å². The molecule has 0 fully saturated rings. The van der Waals surface area contributed by atoms with Gasteiger partial charge in [0.2, 0.25) is 0 Å². The zero-order valence-electron chi connectivity index (χ0n) is 10.7. The van der Waals surface area contributed by atoms with E-state index in [1.165, 1.54) is 11.3 Å². The first kappa shape index (κ1) is 14.1. The van der Waals surface area contributed by atoms with E-state index < -0.39 is 5.97 Å². The number of rotatable bonds is 5. The number of carbonyl (C=O) groups is 1. The van der Waals surface area contributed by atoms with Gasteiger partial charge in [-0.05, 0) is 0 Å². The number of hydrogen-bond donors (Lipinski definition) is 1. The Balaban J connectivity index is 2.99. The van der Waals surface area contributed by atoms with Gasteiger partial charge >= 0.3 is 5.97 Å². The number of carboxylic acid groups (broad SMARTS) is 1. The Morgan fingerprint density at radius 1 is 1.47 bits per heavy atom. The molecular weight excluding hydrogens is 238 g/mol. The van der Waals surface area contributed by atoms with Crippen molar-refractivity contribution in [3.63, 3.8) is 0 Å². The van der Waals surface area contributed by atoms with Gasteiger partial charge in [-0.3, -0.25) is 4.79 Å². The van der Waals surface area contributed by atoms with Gasteiger partial charge in [0.25, 0.3) is 0 Å². The van der Waals surface area contributed by atoms with Crippen molar-refractivity contribution in [2.45, 2.75) is 39.0 Å². The molecule has 1 rings (SSSR count).